The minimum atomic E-state index is -0.504. The Hall–Kier alpha value is -2.22. The molecule has 1 unspecified atom stereocenters. The maximum Gasteiger partial charge on any atom is 0.356 e. The van der Waals surface area contributed by atoms with Gasteiger partial charge in [-0.05, 0) is 5.92 Å². The molecule has 0 spiro atoms. The molecule has 1 aliphatic heterocycles. The van der Waals surface area contributed by atoms with Crippen molar-refractivity contribution in [1.29, 1.82) is 0 Å². The van der Waals surface area contributed by atoms with Crippen molar-refractivity contribution in [3.05, 3.63) is 27.3 Å². The monoisotopic (exact) mass is 320 g/mol. The molecule has 0 saturated heterocycles. The van der Waals surface area contributed by atoms with Gasteiger partial charge in [0.05, 0.1) is 18.7 Å². The molecule has 1 aliphatic rings. The lowest BCUT2D eigenvalue weighted by Gasteiger charge is -2.20. The van der Waals surface area contributed by atoms with Crippen molar-refractivity contribution in [3.8, 4) is 0 Å². The second-order valence-electron chi connectivity index (χ2n) is 5.42. The molecular weight excluding hydrogens is 304 g/mol. The molecule has 2 aromatic rings. The van der Waals surface area contributed by atoms with Crippen molar-refractivity contribution < 1.29 is 14.3 Å². The Morgan fingerprint density at radius 3 is 2.91 bits per heavy atom. The van der Waals surface area contributed by atoms with E-state index in [1.54, 1.807) is 0 Å². The molecule has 0 radical (unpaired) electrons. The van der Waals surface area contributed by atoms with Crippen molar-refractivity contribution in [2.75, 3.05) is 12.4 Å². The predicted molar refractivity (Wildman–Crippen MR) is 81.2 cm³/mol. The topological polar surface area (TPSA) is 97.0 Å². The summed E-state index contributed by atoms with van der Waals surface area (Å²) in [6.45, 7) is 4.13. The Bertz CT molecular complexity index is 734. The Morgan fingerprint density at radius 2 is 2.27 bits per heavy atom. The van der Waals surface area contributed by atoms with Crippen LogP contribution in [0.2, 0.25) is 0 Å². The lowest BCUT2D eigenvalue weighted by molar-refractivity contribution is -0.116. The molecule has 1 amide bonds. The number of hydrogen-bond donors (Lipinski definition) is 2. The minimum absolute atomic E-state index is 0.137. The first-order chi connectivity index (χ1) is 10.5. The fraction of sp³-hybridized carbons (Fsp3) is 0.429. The summed E-state index contributed by atoms with van der Waals surface area (Å²) in [5.41, 5.74) is 1.90. The van der Waals surface area contributed by atoms with Crippen LogP contribution in [-0.2, 0) is 9.53 Å². The normalized spacial score (nSPS) is 17.3. The van der Waals surface area contributed by atoms with Crippen molar-refractivity contribution in [3.63, 3.8) is 0 Å². The molecule has 0 aliphatic carbocycles. The molecule has 0 saturated carbocycles. The maximum atomic E-state index is 11.9. The lowest BCUT2D eigenvalue weighted by Crippen LogP contribution is -2.24. The number of fused-ring (bicyclic) bond motifs is 1. The van der Waals surface area contributed by atoms with E-state index in [2.05, 4.69) is 34.3 Å². The summed E-state index contributed by atoms with van der Waals surface area (Å²) < 4.78 is 4.78. The molecule has 2 N–H and O–H groups in total. The van der Waals surface area contributed by atoms with Gasteiger partial charge in [-0.1, -0.05) is 13.8 Å². The summed E-state index contributed by atoms with van der Waals surface area (Å²) in [6.07, 6.45) is 0.238. The van der Waals surface area contributed by atoms with Crippen molar-refractivity contribution >= 4 is 29.0 Å². The summed E-state index contributed by atoms with van der Waals surface area (Å²) in [5, 5.41) is 12.1. The van der Waals surface area contributed by atoms with Gasteiger partial charge in [0.25, 0.3) is 0 Å². The van der Waals surface area contributed by atoms with Gasteiger partial charge in [0.2, 0.25) is 5.91 Å². The molecule has 0 aromatic carbocycles. The van der Waals surface area contributed by atoms with Gasteiger partial charge in [-0.2, -0.15) is 5.10 Å². The summed E-state index contributed by atoms with van der Waals surface area (Å²) in [7, 11) is 1.31. The molecule has 7 nitrogen and oxygen atoms in total. The van der Waals surface area contributed by atoms with Gasteiger partial charge in [0.1, 0.15) is 10.7 Å². The number of aromatic amines is 1. The van der Waals surface area contributed by atoms with Gasteiger partial charge >= 0.3 is 5.97 Å². The molecule has 3 heterocycles. The number of methoxy groups -OCH3 is 1. The third-order valence-electron chi connectivity index (χ3n) is 3.62. The molecule has 1 atom stereocenters. The van der Waals surface area contributed by atoms with Gasteiger partial charge in [-0.25, -0.2) is 9.78 Å². The molecule has 8 heteroatoms. The van der Waals surface area contributed by atoms with Crippen LogP contribution >= 0.6 is 11.3 Å². The third-order valence-corrected chi connectivity index (χ3v) is 4.60. The zero-order valence-corrected chi connectivity index (χ0v) is 13.3. The third kappa shape index (κ3) is 2.39. The van der Waals surface area contributed by atoms with Crippen LogP contribution in [0.25, 0.3) is 0 Å². The van der Waals surface area contributed by atoms with Crippen LogP contribution in [0, 0.1) is 0 Å². The van der Waals surface area contributed by atoms with Gasteiger partial charge in [0.15, 0.2) is 5.82 Å². The number of esters is 1. The molecule has 116 valence electrons. The van der Waals surface area contributed by atoms with E-state index in [0.29, 0.717) is 17.3 Å². The quantitative estimate of drug-likeness (QED) is 0.845. The van der Waals surface area contributed by atoms with E-state index in [0.717, 1.165) is 10.7 Å². The first-order valence-corrected chi connectivity index (χ1v) is 7.81. The van der Waals surface area contributed by atoms with Crippen molar-refractivity contribution in [2.45, 2.75) is 32.1 Å². The maximum absolute atomic E-state index is 11.9. The molecule has 0 fully saturated rings. The highest BCUT2D eigenvalue weighted by Crippen LogP contribution is 2.39. The Balaban J connectivity index is 2.07. The number of nitrogens with zero attached hydrogens (tertiary/aromatic N) is 2. The number of hydrogen-bond acceptors (Lipinski definition) is 6. The fourth-order valence-corrected chi connectivity index (χ4v) is 3.54. The molecule has 22 heavy (non-hydrogen) atoms. The van der Waals surface area contributed by atoms with Gasteiger partial charge in [-0.3, -0.25) is 9.89 Å². The SMILES string of the molecule is COC(=O)c1[nH]nc2c1C(c1nc(C(C)C)cs1)CC(=O)N2. The van der Waals surface area contributed by atoms with E-state index >= 15 is 0 Å². The van der Waals surface area contributed by atoms with Gasteiger partial charge in [-0.15, -0.1) is 11.3 Å². The second kappa shape index (κ2) is 5.53. The van der Waals surface area contributed by atoms with Gasteiger partial charge in [0, 0.05) is 17.4 Å². The zero-order chi connectivity index (χ0) is 15.9. The van der Waals surface area contributed by atoms with Crippen molar-refractivity contribution in [2.24, 2.45) is 0 Å². The lowest BCUT2D eigenvalue weighted by atomic mass is 9.92. The summed E-state index contributed by atoms with van der Waals surface area (Å²) in [6, 6.07) is 0. The number of H-pyrrole nitrogens is 1. The van der Waals surface area contributed by atoms with E-state index in [1.165, 1.54) is 18.4 Å². The van der Waals surface area contributed by atoms with Crippen LogP contribution in [0.1, 0.15) is 58.9 Å². The average molecular weight is 320 g/mol. The van der Waals surface area contributed by atoms with E-state index in [-0.39, 0.29) is 23.9 Å². The Morgan fingerprint density at radius 1 is 1.50 bits per heavy atom. The highest BCUT2D eigenvalue weighted by Gasteiger charge is 2.35. The number of nitrogens with one attached hydrogen (secondary N) is 2. The first-order valence-electron chi connectivity index (χ1n) is 6.93. The van der Waals surface area contributed by atoms with Crippen LogP contribution in [0.5, 0.6) is 0 Å². The van der Waals surface area contributed by atoms with Crippen LogP contribution < -0.4 is 5.32 Å². The standard InChI is InChI=1S/C14H16N4O3S/c1-6(2)8-5-22-13(15-8)7-4-9(19)16-12-10(7)11(17-18-12)14(20)21-3/h5-7H,4H2,1-3H3,(H2,16,17,18,19). The fourth-order valence-electron chi connectivity index (χ4n) is 2.45. The Kier molecular flexibility index (Phi) is 3.69. The number of anilines is 1. The second-order valence-corrected chi connectivity index (χ2v) is 6.31. The van der Waals surface area contributed by atoms with Crippen LogP contribution in [-0.4, -0.2) is 34.2 Å². The number of rotatable bonds is 3. The molecule has 0 bridgehead atoms. The minimum Gasteiger partial charge on any atom is -0.464 e. The highest BCUT2D eigenvalue weighted by atomic mass is 32.1. The van der Waals surface area contributed by atoms with Crippen LogP contribution in [0.15, 0.2) is 5.38 Å². The number of amides is 1. The number of carbonyl (C=O) groups is 2. The van der Waals surface area contributed by atoms with Gasteiger partial charge < -0.3 is 10.1 Å². The van der Waals surface area contributed by atoms with E-state index in [1.807, 2.05) is 5.38 Å². The summed E-state index contributed by atoms with van der Waals surface area (Å²) >= 11 is 1.50. The molecule has 2 aromatic heterocycles. The average Bonchev–Trinajstić information content (AvgIpc) is 3.12. The highest BCUT2D eigenvalue weighted by molar-refractivity contribution is 7.09. The molecular formula is C14H16N4O3S. The van der Waals surface area contributed by atoms with E-state index in [9.17, 15) is 9.59 Å². The van der Waals surface area contributed by atoms with Crippen LogP contribution in [0.4, 0.5) is 5.82 Å². The predicted octanol–water partition coefficient (Wildman–Crippen LogP) is 2.25. The van der Waals surface area contributed by atoms with Crippen molar-refractivity contribution in [1.82, 2.24) is 15.2 Å². The van der Waals surface area contributed by atoms with E-state index < -0.39 is 5.97 Å². The number of thiazole rings is 1. The number of aromatic nitrogens is 3. The Labute approximate surface area is 131 Å². The summed E-state index contributed by atoms with van der Waals surface area (Å²) in [4.78, 5) is 28.4. The van der Waals surface area contributed by atoms with E-state index in [4.69, 9.17) is 4.74 Å². The number of ether oxygens (including phenoxy) is 1. The number of carbonyl (C=O) groups excluding carboxylic acids is 2. The smallest absolute Gasteiger partial charge is 0.356 e. The zero-order valence-electron chi connectivity index (χ0n) is 12.5. The molecule has 3 rings (SSSR count). The largest absolute Gasteiger partial charge is 0.464 e. The summed E-state index contributed by atoms with van der Waals surface area (Å²) in [5.74, 6) is -0.236. The van der Waals surface area contributed by atoms with Crippen LogP contribution in [0.3, 0.4) is 0 Å². The first kappa shape index (κ1) is 14.7.